The van der Waals surface area contributed by atoms with E-state index in [4.69, 9.17) is 0 Å². The molecule has 0 heterocycles. The molecule has 0 aliphatic carbocycles. The second kappa shape index (κ2) is 9.29. The normalized spacial score (nSPS) is 8.53. The molecule has 0 amide bonds. The summed E-state index contributed by atoms with van der Waals surface area (Å²) in [7, 11) is 0. The van der Waals surface area contributed by atoms with Crippen LogP contribution in [-0.4, -0.2) is 80.3 Å². The van der Waals surface area contributed by atoms with Gasteiger partial charge in [-0.3, -0.25) is 0 Å². The number of benzene rings is 2. The molecule has 0 aliphatic rings. The van der Waals surface area contributed by atoms with E-state index >= 15 is 0 Å². The molecule has 0 saturated heterocycles. The molecular formula is C12H10Na2Sn. The van der Waals surface area contributed by atoms with E-state index in [1.807, 2.05) is 0 Å². The Morgan fingerprint density at radius 3 is 1.20 bits per heavy atom. The van der Waals surface area contributed by atoms with Crippen LogP contribution in [0.5, 0.6) is 0 Å². The van der Waals surface area contributed by atoms with Crippen LogP contribution in [0.2, 0.25) is 0 Å². The van der Waals surface area contributed by atoms with Crippen molar-refractivity contribution in [3.63, 3.8) is 0 Å². The Bertz CT molecular complexity index is 324. The zero-order valence-electron chi connectivity index (χ0n) is 9.27. The van der Waals surface area contributed by atoms with Gasteiger partial charge in [0.05, 0.1) is 0 Å². The van der Waals surface area contributed by atoms with Crippen molar-refractivity contribution in [3.05, 3.63) is 60.7 Å². The minimum atomic E-state index is -0.517. The van der Waals surface area contributed by atoms with E-state index in [1.165, 1.54) is 7.16 Å². The quantitative estimate of drug-likeness (QED) is 0.711. The average molecular weight is 319 g/mol. The number of hydrogen-bond acceptors (Lipinski definition) is 0. The van der Waals surface area contributed by atoms with Crippen molar-refractivity contribution in [1.82, 2.24) is 0 Å². The van der Waals surface area contributed by atoms with Gasteiger partial charge in [-0.15, -0.1) is 0 Å². The zero-order valence-corrected chi connectivity index (χ0v) is 16.1. The van der Waals surface area contributed by atoms with E-state index in [1.54, 1.807) is 0 Å². The van der Waals surface area contributed by atoms with Gasteiger partial charge in [0.2, 0.25) is 0 Å². The maximum absolute atomic E-state index is 2.24. The van der Waals surface area contributed by atoms with Gasteiger partial charge in [-0.05, 0) is 0 Å². The minimum absolute atomic E-state index is 0. The fraction of sp³-hybridized carbons (Fsp3) is 0. The predicted molar refractivity (Wildman–Crippen MR) is 69.4 cm³/mol. The van der Waals surface area contributed by atoms with Crippen LogP contribution in [0.3, 0.4) is 0 Å². The average Bonchev–Trinajstić information content (AvgIpc) is 2.21. The summed E-state index contributed by atoms with van der Waals surface area (Å²) >= 11 is -0.517. The van der Waals surface area contributed by atoms with Crippen molar-refractivity contribution >= 4 is 87.4 Å². The van der Waals surface area contributed by atoms with Crippen molar-refractivity contribution in [2.45, 2.75) is 0 Å². The monoisotopic (exact) mass is 320 g/mol. The molecule has 3 heteroatoms. The first-order valence-electron chi connectivity index (χ1n) is 4.32. The van der Waals surface area contributed by atoms with Gasteiger partial charge in [0, 0.05) is 59.1 Å². The molecule has 0 aromatic heterocycles. The standard InChI is InChI=1S/2C6H5.2Na.Sn/c2*1-2-4-6-5-3-1;;;/h2*1-5H;;;. The molecule has 0 atom stereocenters. The summed E-state index contributed by atoms with van der Waals surface area (Å²) < 4.78 is 3.08. The van der Waals surface area contributed by atoms with Crippen LogP contribution in [0.1, 0.15) is 0 Å². The molecule has 64 valence electrons. The molecule has 2 rings (SSSR count). The first-order chi connectivity index (χ1) is 6.45. The SMILES string of the molecule is [Na].[Na].c1cc[c]([Sn][c]2ccccc2)cc1. The molecule has 0 bridgehead atoms. The van der Waals surface area contributed by atoms with Crippen molar-refractivity contribution in [2.24, 2.45) is 0 Å². The van der Waals surface area contributed by atoms with Crippen LogP contribution >= 0.6 is 0 Å². The van der Waals surface area contributed by atoms with Gasteiger partial charge in [-0.2, -0.15) is 0 Å². The summed E-state index contributed by atoms with van der Waals surface area (Å²) in [5, 5.41) is 0. The van der Waals surface area contributed by atoms with E-state index in [9.17, 15) is 0 Å². The summed E-state index contributed by atoms with van der Waals surface area (Å²) in [6.45, 7) is 0. The van der Waals surface area contributed by atoms with Gasteiger partial charge in [-0.1, -0.05) is 0 Å². The number of rotatable bonds is 2. The third-order valence-electron chi connectivity index (χ3n) is 1.84. The van der Waals surface area contributed by atoms with E-state index in [0.717, 1.165) is 0 Å². The summed E-state index contributed by atoms with van der Waals surface area (Å²) in [5.74, 6) is 0. The molecule has 0 aliphatic heterocycles. The number of hydrogen-bond donors (Lipinski definition) is 0. The van der Waals surface area contributed by atoms with E-state index in [-0.39, 0.29) is 59.1 Å². The Morgan fingerprint density at radius 1 is 0.533 bits per heavy atom. The topological polar surface area (TPSA) is 0 Å². The summed E-state index contributed by atoms with van der Waals surface area (Å²) in [6, 6.07) is 21.6. The third kappa shape index (κ3) is 5.92. The summed E-state index contributed by atoms with van der Waals surface area (Å²) in [4.78, 5) is 0. The van der Waals surface area contributed by atoms with Crippen molar-refractivity contribution in [3.8, 4) is 0 Å². The van der Waals surface area contributed by atoms with Gasteiger partial charge < -0.3 is 0 Å². The van der Waals surface area contributed by atoms with Crippen molar-refractivity contribution in [1.29, 1.82) is 0 Å². The molecule has 0 nitrogen and oxygen atoms in total. The summed E-state index contributed by atoms with van der Waals surface area (Å²) in [6.07, 6.45) is 0. The molecule has 15 heavy (non-hydrogen) atoms. The van der Waals surface area contributed by atoms with Gasteiger partial charge in [0.1, 0.15) is 0 Å². The molecule has 2 aromatic carbocycles. The van der Waals surface area contributed by atoms with Crippen LogP contribution in [0.15, 0.2) is 60.7 Å². The Labute approximate surface area is 146 Å². The van der Waals surface area contributed by atoms with Crippen LogP contribution in [0, 0.1) is 0 Å². The van der Waals surface area contributed by atoms with Crippen LogP contribution in [0.25, 0.3) is 0 Å². The van der Waals surface area contributed by atoms with Gasteiger partial charge in [0.25, 0.3) is 0 Å². The third-order valence-corrected chi connectivity index (χ3v) is 5.39. The van der Waals surface area contributed by atoms with Crippen LogP contribution < -0.4 is 7.16 Å². The summed E-state index contributed by atoms with van der Waals surface area (Å²) in [5.41, 5.74) is 0. The Kier molecular flexibility index (Phi) is 10.1. The fourth-order valence-electron chi connectivity index (χ4n) is 1.21. The molecule has 0 N–H and O–H groups in total. The Morgan fingerprint density at radius 2 is 0.867 bits per heavy atom. The van der Waals surface area contributed by atoms with Gasteiger partial charge in [-0.25, -0.2) is 0 Å². The Balaban J connectivity index is 0.000000980. The van der Waals surface area contributed by atoms with E-state index < -0.39 is 21.1 Å². The molecule has 0 fully saturated rings. The fourth-order valence-corrected chi connectivity index (χ4v) is 4.21. The Hall–Kier alpha value is 1.24. The molecule has 4 radical (unpaired) electrons. The molecule has 2 aromatic rings. The van der Waals surface area contributed by atoms with Gasteiger partial charge >= 0.3 is 89.0 Å². The van der Waals surface area contributed by atoms with Crippen molar-refractivity contribution < 1.29 is 0 Å². The second-order valence-electron chi connectivity index (χ2n) is 2.86. The van der Waals surface area contributed by atoms with Crippen LogP contribution in [-0.2, 0) is 0 Å². The molecule has 0 saturated carbocycles. The van der Waals surface area contributed by atoms with Crippen LogP contribution in [0.4, 0.5) is 0 Å². The molecule has 0 unspecified atom stereocenters. The predicted octanol–water partition coefficient (Wildman–Crippen LogP) is 0.580. The first-order valence-corrected chi connectivity index (χ1v) is 7.18. The maximum atomic E-state index is 2.24. The first kappa shape index (κ1) is 16.2. The van der Waals surface area contributed by atoms with E-state index in [0.29, 0.717) is 0 Å². The zero-order chi connectivity index (χ0) is 8.93. The second-order valence-corrected chi connectivity index (χ2v) is 6.87. The molecular weight excluding hydrogens is 309 g/mol. The van der Waals surface area contributed by atoms with E-state index in [2.05, 4.69) is 60.7 Å². The molecule has 0 spiro atoms. The van der Waals surface area contributed by atoms with Gasteiger partial charge in [0.15, 0.2) is 0 Å². The van der Waals surface area contributed by atoms with Crippen molar-refractivity contribution in [2.75, 3.05) is 0 Å².